The zero-order valence-corrected chi connectivity index (χ0v) is 10.7. The molecule has 1 aliphatic carbocycles. The van der Waals surface area contributed by atoms with Crippen molar-refractivity contribution in [1.82, 2.24) is 0 Å². The Labute approximate surface area is 104 Å². The maximum absolute atomic E-state index is 9.32. The van der Waals surface area contributed by atoms with E-state index in [4.69, 9.17) is 5.73 Å². The van der Waals surface area contributed by atoms with Gasteiger partial charge in [0.25, 0.3) is 0 Å². The summed E-state index contributed by atoms with van der Waals surface area (Å²) in [5.74, 6) is 0.510. The quantitative estimate of drug-likeness (QED) is 0.788. The van der Waals surface area contributed by atoms with Crippen molar-refractivity contribution in [3.05, 3.63) is 35.4 Å². The highest BCUT2D eigenvalue weighted by Crippen LogP contribution is 2.35. The summed E-state index contributed by atoms with van der Waals surface area (Å²) in [6, 6.07) is 8.71. The van der Waals surface area contributed by atoms with Crippen molar-refractivity contribution in [3.8, 4) is 0 Å². The molecule has 2 heteroatoms. The Morgan fingerprint density at radius 2 is 2.12 bits per heavy atom. The van der Waals surface area contributed by atoms with E-state index >= 15 is 0 Å². The van der Waals surface area contributed by atoms with Crippen molar-refractivity contribution in [2.24, 2.45) is 5.73 Å². The zero-order chi connectivity index (χ0) is 12.3. The van der Waals surface area contributed by atoms with Crippen LogP contribution in [0.2, 0.25) is 0 Å². The predicted molar refractivity (Wildman–Crippen MR) is 71.0 cm³/mol. The van der Waals surface area contributed by atoms with Crippen molar-refractivity contribution in [2.75, 3.05) is 6.61 Å². The van der Waals surface area contributed by atoms with Gasteiger partial charge < -0.3 is 10.8 Å². The van der Waals surface area contributed by atoms with Gasteiger partial charge in [0.05, 0.1) is 6.61 Å². The molecule has 2 rings (SSSR count). The van der Waals surface area contributed by atoms with Crippen molar-refractivity contribution in [1.29, 1.82) is 0 Å². The maximum atomic E-state index is 9.32. The second kappa shape index (κ2) is 5.19. The van der Waals surface area contributed by atoms with E-state index < -0.39 is 5.54 Å². The molecule has 0 saturated heterocycles. The number of aliphatic hydroxyl groups is 1. The second-order valence-corrected chi connectivity index (χ2v) is 5.66. The molecule has 2 unspecified atom stereocenters. The summed E-state index contributed by atoms with van der Waals surface area (Å²) >= 11 is 0. The summed E-state index contributed by atoms with van der Waals surface area (Å²) in [5, 5.41) is 9.32. The fraction of sp³-hybridized carbons (Fsp3) is 0.600. The maximum Gasteiger partial charge on any atom is 0.0608 e. The van der Waals surface area contributed by atoms with Gasteiger partial charge in [-0.15, -0.1) is 0 Å². The number of nitrogens with two attached hydrogens (primary N) is 1. The van der Waals surface area contributed by atoms with Crippen LogP contribution in [0.1, 0.15) is 49.7 Å². The van der Waals surface area contributed by atoms with Gasteiger partial charge in [-0.25, -0.2) is 0 Å². The highest BCUT2D eigenvalue weighted by molar-refractivity contribution is 5.31. The van der Waals surface area contributed by atoms with Crippen molar-refractivity contribution < 1.29 is 5.11 Å². The normalized spacial score (nSPS) is 23.6. The van der Waals surface area contributed by atoms with Crippen LogP contribution in [0.3, 0.4) is 0 Å². The SMILES string of the molecule is CC(N)(CO)CC1CCCCc2ccccc21. The molecule has 0 heterocycles. The molecule has 0 saturated carbocycles. The number of rotatable bonds is 3. The summed E-state index contributed by atoms with van der Waals surface area (Å²) in [4.78, 5) is 0. The molecule has 0 spiro atoms. The lowest BCUT2D eigenvalue weighted by Gasteiger charge is -2.28. The summed E-state index contributed by atoms with van der Waals surface area (Å²) in [6.07, 6.45) is 5.80. The molecule has 0 aromatic heterocycles. The topological polar surface area (TPSA) is 46.2 Å². The van der Waals surface area contributed by atoms with Gasteiger partial charge in [0.2, 0.25) is 0 Å². The first-order chi connectivity index (χ1) is 8.12. The third-order valence-corrected chi connectivity index (χ3v) is 3.82. The Bertz CT molecular complexity index is 373. The monoisotopic (exact) mass is 233 g/mol. The van der Waals surface area contributed by atoms with E-state index in [2.05, 4.69) is 24.3 Å². The van der Waals surface area contributed by atoms with Gasteiger partial charge in [0.15, 0.2) is 0 Å². The van der Waals surface area contributed by atoms with Crippen molar-refractivity contribution in [2.45, 2.75) is 50.5 Å². The highest BCUT2D eigenvalue weighted by atomic mass is 16.3. The molecule has 94 valence electrons. The number of hydrogen-bond acceptors (Lipinski definition) is 2. The van der Waals surface area contributed by atoms with E-state index in [9.17, 15) is 5.11 Å². The molecule has 1 aliphatic rings. The van der Waals surface area contributed by atoms with Gasteiger partial charge in [0.1, 0.15) is 0 Å². The molecule has 2 atom stereocenters. The molecule has 17 heavy (non-hydrogen) atoms. The predicted octanol–water partition coefficient (Wildman–Crippen LogP) is 2.60. The Kier molecular flexibility index (Phi) is 3.85. The number of aryl methyl sites for hydroxylation is 1. The lowest BCUT2D eigenvalue weighted by atomic mass is 9.82. The minimum absolute atomic E-state index is 0.0612. The lowest BCUT2D eigenvalue weighted by Crippen LogP contribution is -2.41. The van der Waals surface area contributed by atoms with E-state index in [0.717, 1.165) is 6.42 Å². The van der Waals surface area contributed by atoms with Crippen LogP contribution in [0.5, 0.6) is 0 Å². The van der Waals surface area contributed by atoms with Gasteiger partial charge >= 0.3 is 0 Å². The number of hydrogen-bond donors (Lipinski definition) is 2. The number of benzene rings is 1. The van der Waals surface area contributed by atoms with Crippen LogP contribution in [-0.4, -0.2) is 17.3 Å². The largest absolute Gasteiger partial charge is 0.394 e. The average molecular weight is 233 g/mol. The third-order valence-electron chi connectivity index (χ3n) is 3.82. The fourth-order valence-electron chi connectivity index (χ4n) is 2.86. The molecule has 3 N–H and O–H groups in total. The standard InChI is InChI=1S/C15H23NO/c1-15(16,11-17)10-13-8-3-2-6-12-7-4-5-9-14(12)13/h4-5,7,9,13,17H,2-3,6,8,10-11,16H2,1H3. The summed E-state index contributed by atoms with van der Waals surface area (Å²) < 4.78 is 0. The van der Waals surface area contributed by atoms with E-state index in [1.807, 2.05) is 6.92 Å². The van der Waals surface area contributed by atoms with Crippen LogP contribution in [-0.2, 0) is 6.42 Å². The molecular weight excluding hydrogens is 210 g/mol. The molecule has 1 aromatic carbocycles. The minimum atomic E-state index is -0.456. The molecule has 0 bridgehead atoms. The third kappa shape index (κ3) is 3.08. The van der Waals surface area contributed by atoms with E-state index in [-0.39, 0.29) is 6.61 Å². The van der Waals surface area contributed by atoms with Gasteiger partial charge in [-0.2, -0.15) is 0 Å². The fourth-order valence-corrected chi connectivity index (χ4v) is 2.86. The Hall–Kier alpha value is -0.860. The average Bonchev–Trinajstić information content (AvgIpc) is 2.52. The Morgan fingerprint density at radius 1 is 1.35 bits per heavy atom. The van der Waals surface area contributed by atoms with Crippen molar-refractivity contribution in [3.63, 3.8) is 0 Å². The van der Waals surface area contributed by atoms with Crippen LogP contribution in [0.25, 0.3) is 0 Å². The van der Waals surface area contributed by atoms with Crippen LogP contribution >= 0.6 is 0 Å². The Morgan fingerprint density at radius 3 is 2.88 bits per heavy atom. The van der Waals surface area contributed by atoms with E-state index in [1.54, 1.807) is 0 Å². The Balaban J connectivity index is 2.23. The van der Waals surface area contributed by atoms with Gasteiger partial charge in [-0.05, 0) is 49.7 Å². The van der Waals surface area contributed by atoms with Crippen LogP contribution < -0.4 is 5.73 Å². The van der Waals surface area contributed by atoms with Crippen molar-refractivity contribution >= 4 is 0 Å². The second-order valence-electron chi connectivity index (χ2n) is 5.66. The molecule has 0 fully saturated rings. The van der Waals surface area contributed by atoms with Crippen LogP contribution in [0.4, 0.5) is 0 Å². The van der Waals surface area contributed by atoms with E-state index in [1.165, 1.54) is 36.8 Å². The molecule has 0 amide bonds. The van der Waals surface area contributed by atoms with Crippen LogP contribution in [0.15, 0.2) is 24.3 Å². The van der Waals surface area contributed by atoms with Crippen LogP contribution in [0, 0.1) is 0 Å². The summed E-state index contributed by atoms with van der Waals surface area (Å²) in [7, 11) is 0. The first kappa shape index (κ1) is 12.6. The van der Waals surface area contributed by atoms with E-state index in [0.29, 0.717) is 5.92 Å². The summed E-state index contributed by atoms with van der Waals surface area (Å²) in [6.45, 7) is 2.01. The first-order valence-electron chi connectivity index (χ1n) is 6.60. The minimum Gasteiger partial charge on any atom is -0.394 e. The first-order valence-corrected chi connectivity index (χ1v) is 6.60. The number of fused-ring (bicyclic) bond motifs is 1. The molecular formula is C15H23NO. The molecule has 0 aliphatic heterocycles. The summed E-state index contributed by atoms with van der Waals surface area (Å²) in [5.41, 5.74) is 8.58. The highest BCUT2D eigenvalue weighted by Gasteiger charge is 2.26. The lowest BCUT2D eigenvalue weighted by molar-refractivity contribution is 0.191. The van der Waals surface area contributed by atoms with Gasteiger partial charge in [0, 0.05) is 5.54 Å². The van der Waals surface area contributed by atoms with Gasteiger partial charge in [-0.1, -0.05) is 30.7 Å². The molecule has 1 aromatic rings. The molecule has 2 nitrogen and oxygen atoms in total. The number of aliphatic hydroxyl groups excluding tert-OH is 1. The molecule has 0 radical (unpaired) electrons. The smallest absolute Gasteiger partial charge is 0.0608 e. The van der Waals surface area contributed by atoms with Gasteiger partial charge in [-0.3, -0.25) is 0 Å². The zero-order valence-electron chi connectivity index (χ0n) is 10.7.